The maximum Gasteiger partial charge on any atom is 0.126 e. The van der Waals surface area contributed by atoms with Gasteiger partial charge in [-0.05, 0) is 55.1 Å². The summed E-state index contributed by atoms with van der Waals surface area (Å²) in [5, 5.41) is 0. The molecule has 19 heavy (non-hydrogen) atoms. The molecule has 1 atom stereocenters. The van der Waals surface area contributed by atoms with Crippen LogP contribution in [0.2, 0.25) is 0 Å². The smallest absolute Gasteiger partial charge is 0.126 e. The van der Waals surface area contributed by atoms with Crippen LogP contribution in [0.15, 0.2) is 42.5 Å². The zero-order valence-electron chi connectivity index (χ0n) is 11.5. The van der Waals surface area contributed by atoms with Gasteiger partial charge in [-0.25, -0.2) is 4.39 Å². The molecule has 2 heteroatoms. The van der Waals surface area contributed by atoms with Crippen molar-refractivity contribution in [2.24, 2.45) is 5.73 Å². The van der Waals surface area contributed by atoms with Gasteiger partial charge in [-0.3, -0.25) is 0 Å². The van der Waals surface area contributed by atoms with Gasteiger partial charge in [0.05, 0.1) is 0 Å². The Kier molecular flexibility index (Phi) is 4.33. The summed E-state index contributed by atoms with van der Waals surface area (Å²) in [5.41, 5.74) is 10.3. The Balaban J connectivity index is 2.25. The number of benzene rings is 2. The highest BCUT2D eigenvalue weighted by atomic mass is 19.1. The summed E-state index contributed by atoms with van der Waals surface area (Å²) in [5.74, 6) is 0.0148. The molecule has 0 saturated carbocycles. The number of nitrogens with two attached hydrogens (primary N) is 1. The molecule has 0 aliphatic heterocycles. The molecular weight excluding hydrogens is 237 g/mol. The van der Waals surface area contributed by atoms with E-state index in [1.807, 2.05) is 12.1 Å². The number of hydrogen-bond acceptors (Lipinski definition) is 1. The molecule has 0 aliphatic rings. The Morgan fingerprint density at radius 2 is 1.79 bits per heavy atom. The summed E-state index contributed by atoms with van der Waals surface area (Å²) >= 11 is 0. The van der Waals surface area contributed by atoms with E-state index in [0.717, 1.165) is 5.56 Å². The summed E-state index contributed by atoms with van der Waals surface area (Å²) in [6.07, 6.45) is 0.645. The molecule has 0 saturated heterocycles. The van der Waals surface area contributed by atoms with Crippen LogP contribution < -0.4 is 5.73 Å². The van der Waals surface area contributed by atoms with Gasteiger partial charge in [0.2, 0.25) is 0 Å². The topological polar surface area (TPSA) is 26.0 Å². The summed E-state index contributed by atoms with van der Waals surface area (Å²) in [7, 11) is 0. The molecule has 0 aromatic heterocycles. The third-order valence-corrected chi connectivity index (χ3v) is 3.71. The number of halogens is 1. The van der Waals surface area contributed by atoms with Gasteiger partial charge >= 0.3 is 0 Å². The fourth-order valence-corrected chi connectivity index (χ4v) is 2.29. The lowest BCUT2D eigenvalue weighted by Crippen LogP contribution is -2.16. The molecule has 2 aromatic rings. The molecule has 0 bridgehead atoms. The molecule has 1 unspecified atom stereocenters. The van der Waals surface area contributed by atoms with Crippen molar-refractivity contribution in [1.82, 2.24) is 0 Å². The summed E-state index contributed by atoms with van der Waals surface area (Å²) in [6, 6.07) is 13.3. The maximum absolute atomic E-state index is 13.7. The Labute approximate surface area is 114 Å². The maximum atomic E-state index is 13.7. The van der Waals surface area contributed by atoms with Crippen molar-refractivity contribution in [3.8, 4) is 0 Å². The molecule has 2 aromatic carbocycles. The largest absolute Gasteiger partial charge is 0.330 e. The van der Waals surface area contributed by atoms with Crippen molar-refractivity contribution in [3.63, 3.8) is 0 Å². The van der Waals surface area contributed by atoms with Gasteiger partial charge < -0.3 is 5.73 Å². The minimum atomic E-state index is -0.148. The molecule has 2 rings (SSSR count). The third-order valence-electron chi connectivity index (χ3n) is 3.71. The summed E-state index contributed by atoms with van der Waals surface area (Å²) < 4.78 is 13.7. The molecule has 0 heterocycles. The fourth-order valence-electron chi connectivity index (χ4n) is 2.29. The zero-order valence-corrected chi connectivity index (χ0v) is 11.5. The van der Waals surface area contributed by atoms with E-state index in [2.05, 4.69) is 32.0 Å². The van der Waals surface area contributed by atoms with Crippen LogP contribution in [0.4, 0.5) is 4.39 Å². The second-order valence-electron chi connectivity index (χ2n) is 5.07. The van der Waals surface area contributed by atoms with Crippen molar-refractivity contribution in [1.29, 1.82) is 0 Å². The molecule has 2 N–H and O–H groups in total. The predicted octanol–water partition coefficient (Wildman–Crippen LogP) is 3.73. The second kappa shape index (κ2) is 5.98. The Morgan fingerprint density at radius 1 is 1.05 bits per heavy atom. The van der Waals surface area contributed by atoms with Crippen LogP contribution in [0.3, 0.4) is 0 Å². The van der Waals surface area contributed by atoms with Crippen molar-refractivity contribution in [2.45, 2.75) is 26.2 Å². The molecule has 0 aliphatic carbocycles. The van der Waals surface area contributed by atoms with Crippen LogP contribution in [0.5, 0.6) is 0 Å². The van der Waals surface area contributed by atoms with Crippen molar-refractivity contribution in [3.05, 3.63) is 70.5 Å². The normalized spacial score (nSPS) is 12.4. The van der Waals surface area contributed by atoms with Crippen LogP contribution in [-0.4, -0.2) is 6.54 Å². The SMILES string of the molecule is Cc1ccc(C(CN)Cc2ccccc2F)cc1C. The van der Waals surface area contributed by atoms with Crippen LogP contribution in [0.25, 0.3) is 0 Å². The van der Waals surface area contributed by atoms with Gasteiger partial charge in [0.15, 0.2) is 0 Å². The van der Waals surface area contributed by atoms with Gasteiger partial charge in [0, 0.05) is 5.92 Å². The van der Waals surface area contributed by atoms with Gasteiger partial charge in [0.1, 0.15) is 5.82 Å². The second-order valence-corrected chi connectivity index (χ2v) is 5.07. The molecular formula is C17H20FN. The van der Waals surface area contributed by atoms with Crippen LogP contribution in [0.1, 0.15) is 28.2 Å². The minimum absolute atomic E-state index is 0.148. The summed E-state index contributed by atoms with van der Waals surface area (Å²) in [6.45, 7) is 4.71. The van der Waals surface area contributed by atoms with Crippen molar-refractivity contribution in [2.75, 3.05) is 6.54 Å². The zero-order chi connectivity index (χ0) is 13.8. The number of hydrogen-bond donors (Lipinski definition) is 1. The standard InChI is InChI=1S/C17H20FN/c1-12-7-8-14(9-13(12)2)16(11-19)10-15-5-3-4-6-17(15)18/h3-9,16H,10-11,19H2,1-2H3. The van der Waals surface area contributed by atoms with Crippen LogP contribution in [-0.2, 0) is 6.42 Å². The lowest BCUT2D eigenvalue weighted by molar-refractivity contribution is 0.590. The first-order valence-corrected chi connectivity index (χ1v) is 6.62. The van der Waals surface area contributed by atoms with Gasteiger partial charge in [-0.15, -0.1) is 0 Å². The molecule has 0 radical (unpaired) electrons. The first-order chi connectivity index (χ1) is 9.11. The molecule has 0 amide bonds. The highest BCUT2D eigenvalue weighted by Gasteiger charge is 2.13. The quantitative estimate of drug-likeness (QED) is 0.887. The Bertz CT molecular complexity index is 563. The highest BCUT2D eigenvalue weighted by Crippen LogP contribution is 2.23. The van der Waals surface area contributed by atoms with Gasteiger partial charge in [-0.2, -0.15) is 0 Å². The number of rotatable bonds is 4. The van der Waals surface area contributed by atoms with E-state index in [-0.39, 0.29) is 11.7 Å². The van der Waals surface area contributed by atoms with E-state index in [9.17, 15) is 4.39 Å². The van der Waals surface area contributed by atoms with E-state index in [0.29, 0.717) is 13.0 Å². The Morgan fingerprint density at radius 3 is 2.42 bits per heavy atom. The first-order valence-electron chi connectivity index (χ1n) is 6.62. The van der Waals surface area contributed by atoms with Crippen molar-refractivity contribution >= 4 is 0 Å². The van der Waals surface area contributed by atoms with E-state index in [4.69, 9.17) is 5.73 Å². The van der Waals surface area contributed by atoms with Gasteiger partial charge in [0.25, 0.3) is 0 Å². The third kappa shape index (κ3) is 3.21. The number of aryl methyl sites for hydroxylation is 2. The van der Waals surface area contributed by atoms with Crippen molar-refractivity contribution < 1.29 is 4.39 Å². The lowest BCUT2D eigenvalue weighted by Gasteiger charge is -2.17. The summed E-state index contributed by atoms with van der Waals surface area (Å²) in [4.78, 5) is 0. The van der Waals surface area contributed by atoms with E-state index < -0.39 is 0 Å². The predicted molar refractivity (Wildman–Crippen MR) is 77.8 cm³/mol. The molecule has 100 valence electrons. The van der Waals surface area contributed by atoms with Crippen LogP contribution >= 0.6 is 0 Å². The molecule has 0 spiro atoms. The molecule has 0 fully saturated rings. The van der Waals surface area contributed by atoms with E-state index in [1.54, 1.807) is 6.07 Å². The highest BCUT2D eigenvalue weighted by molar-refractivity contribution is 5.33. The average molecular weight is 257 g/mol. The monoisotopic (exact) mass is 257 g/mol. The van der Waals surface area contributed by atoms with E-state index in [1.165, 1.54) is 22.8 Å². The van der Waals surface area contributed by atoms with Gasteiger partial charge in [-0.1, -0.05) is 36.4 Å². The van der Waals surface area contributed by atoms with E-state index >= 15 is 0 Å². The Hall–Kier alpha value is -1.67. The minimum Gasteiger partial charge on any atom is -0.330 e. The fraction of sp³-hybridized carbons (Fsp3) is 0.294. The first kappa shape index (κ1) is 13.8. The molecule has 1 nitrogen and oxygen atoms in total. The lowest BCUT2D eigenvalue weighted by atomic mass is 9.90. The average Bonchev–Trinajstić information content (AvgIpc) is 2.41. The van der Waals surface area contributed by atoms with Crippen LogP contribution in [0, 0.1) is 19.7 Å².